The molecule has 0 aliphatic carbocycles. The number of H-pyrrole nitrogens is 1. The number of ether oxygens (including phenoxy) is 1. The maximum Gasteiger partial charge on any atom is 0.387 e. The fourth-order valence-corrected chi connectivity index (χ4v) is 3.97. The molecule has 5 rings (SSSR count). The van der Waals surface area contributed by atoms with E-state index in [2.05, 4.69) is 30.3 Å². The second-order valence-electron chi connectivity index (χ2n) is 7.60. The Labute approximate surface area is 180 Å². The summed E-state index contributed by atoms with van der Waals surface area (Å²) in [6.45, 7) is -1.07. The van der Waals surface area contributed by atoms with E-state index >= 15 is 0 Å². The molecule has 0 saturated carbocycles. The predicted molar refractivity (Wildman–Crippen MR) is 110 cm³/mol. The molecule has 11 heteroatoms. The Balaban J connectivity index is 1.41. The summed E-state index contributed by atoms with van der Waals surface area (Å²) in [6, 6.07) is 7.81. The number of alkyl halides is 2. The highest BCUT2D eigenvalue weighted by Crippen LogP contribution is 2.28. The first kappa shape index (κ1) is 20.3. The van der Waals surface area contributed by atoms with E-state index in [1.54, 1.807) is 28.9 Å². The quantitative estimate of drug-likeness (QED) is 0.472. The molecule has 2 N–H and O–H groups in total. The fourth-order valence-electron chi connectivity index (χ4n) is 3.97. The molecule has 3 aromatic heterocycles. The first-order chi connectivity index (χ1) is 15.6. The molecule has 166 valence electrons. The van der Waals surface area contributed by atoms with Crippen molar-refractivity contribution in [3.05, 3.63) is 64.0 Å². The number of aromatic amines is 1. The van der Waals surface area contributed by atoms with Gasteiger partial charge in [0.05, 0.1) is 18.3 Å². The van der Waals surface area contributed by atoms with Crippen molar-refractivity contribution >= 4 is 5.65 Å². The van der Waals surface area contributed by atoms with Crippen LogP contribution in [0.5, 0.6) is 5.75 Å². The number of rotatable bonds is 6. The topological polar surface area (TPSA) is 110 Å². The molecule has 1 aliphatic rings. The monoisotopic (exact) mass is 442 g/mol. The van der Waals surface area contributed by atoms with E-state index in [0.29, 0.717) is 23.5 Å². The molecule has 4 heterocycles. The lowest BCUT2D eigenvalue weighted by Gasteiger charge is -2.23. The normalized spacial score (nSPS) is 15.0. The summed E-state index contributed by atoms with van der Waals surface area (Å²) in [6.07, 6.45) is 3.78. The molecule has 1 aromatic carbocycles. The predicted octanol–water partition coefficient (Wildman–Crippen LogP) is 2.73. The zero-order chi connectivity index (χ0) is 22.1. The van der Waals surface area contributed by atoms with Crippen molar-refractivity contribution in [2.24, 2.45) is 0 Å². The highest BCUT2D eigenvalue weighted by molar-refractivity contribution is 5.70. The average Bonchev–Trinajstić information content (AvgIpc) is 3.41. The molecule has 0 radical (unpaired) electrons. The van der Waals surface area contributed by atoms with Gasteiger partial charge < -0.3 is 19.5 Å². The largest absolute Gasteiger partial charge is 0.435 e. The van der Waals surface area contributed by atoms with Crippen molar-refractivity contribution in [3.63, 3.8) is 0 Å². The van der Waals surface area contributed by atoms with Gasteiger partial charge in [-0.15, -0.1) is 10.2 Å². The van der Waals surface area contributed by atoms with Gasteiger partial charge >= 0.3 is 6.61 Å². The maximum absolute atomic E-state index is 12.3. The molecule has 9 nitrogen and oxygen atoms in total. The Bertz CT molecular complexity index is 1270. The summed E-state index contributed by atoms with van der Waals surface area (Å²) >= 11 is 0. The van der Waals surface area contributed by atoms with Crippen molar-refractivity contribution in [3.8, 4) is 17.2 Å². The van der Waals surface area contributed by atoms with E-state index in [4.69, 9.17) is 4.42 Å². The van der Waals surface area contributed by atoms with Crippen molar-refractivity contribution in [1.82, 2.24) is 30.1 Å². The lowest BCUT2D eigenvalue weighted by molar-refractivity contribution is -0.0498. The van der Waals surface area contributed by atoms with Crippen molar-refractivity contribution < 1.29 is 17.9 Å². The van der Waals surface area contributed by atoms with Crippen LogP contribution in [0.1, 0.15) is 35.9 Å². The van der Waals surface area contributed by atoms with Gasteiger partial charge in [-0.25, -0.2) is 4.52 Å². The molecular weight excluding hydrogens is 422 g/mol. The zero-order valence-electron chi connectivity index (χ0n) is 16.9. The van der Waals surface area contributed by atoms with Gasteiger partial charge in [-0.3, -0.25) is 4.79 Å². The van der Waals surface area contributed by atoms with Gasteiger partial charge in [0.15, 0.2) is 0 Å². The second-order valence-corrected chi connectivity index (χ2v) is 7.60. The molecule has 0 unspecified atom stereocenters. The minimum atomic E-state index is -2.87. The van der Waals surface area contributed by atoms with Crippen molar-refractivity contribution in [2.45, 2.75) is 31.8 Å². The van der Waals surface area contributed by atoms with Crippen LogP contribution in [0.2, 0.25) is 0 Å². The van der Waals surface area contributed by atoms with Crippen LogP contribution in [0.4, 0.5) is 8.78 Å². The zero-order valence-corrected chi connectivity index (χ0v) is 16.9. The third kappa shape index (κ3) is 4.11. The maximum atomic E-state index is 12.3. The number of nitrogens with one attached hydrogen (secondary N) is 2. The van der Waals surface area contributed by atoms with Crippen LogP contribution in [0.3, 0.4) is 0 Å². The standard InChI is InChI=1S/C21H20F2N6O3/c22-21(23)31-14-3-1-12(2-4-14)9-18-27-28-20(32-18)15-11-25-29-16(10-17(30)26-19(15)29)13-5-7-24-8-6-13/h1-4,10-11,13,21,24H,5-9H2,(H,26,30). The van der Waals surface area contributed by atoms with Gasteiger partial charge in [-0.1, -0.05) is 12.1 Å². The van der Waals surface area contributed by atoms with Crippen LogP contribution in [0, 0.1) is 0 Å². The van der Waals surface area contributed by atoms with Gasteiger partial charge in [0.2, 0.25) is 5.89 Å². The average molecular weight is 442 g/mol. The molecule has 0 spiro atoms. The molecule has 0 amide bonds. The Morgan fingerprint density at radius 3 is 2.72 bits per heavy atom. The molecule has 0 atom stereocenters. The second kappa shape index (κ2) is 8.50. The summed E-state index contributed by atoms with van der Waals surface area (Å²) in [5.74, 6) is 0.906. The number of nitrogens with zero attached hydrogens (tertiary/aromatic N) is 4. The first-order valence-electron chi connectivity index (χ1n) is 10.2. The summed E-state index contributed by atoms with van der Waals surface area (Å²) in [7, 11) is 0. The van der Waals surface area contributed by atoms with Crippen LogP contribution >= 0.6 is 0 Å². The van der Waals surface area contributed by atoms with E-state index in [1.807, 2.05) is 0 Å². The molecule has 1 fully saturated rings. The van der Waals surface area contributed by atoms with Gasteiger partial charge in [0, 0.05) is 12.0 Å². The Morgan fingerprint density at radius 1 is 1.19 bits per heavy atom. The Hall–Kier alpha value is -3.60. The number of benzene rings is 1. The van der Waals surface area contributed by atoms with E-state index in [0.717, 1.165) is 37.2 Å². The minimum Gasteiger partial charge on any atom is -0.435 e. The summed E-state index contributed by atoms with van der Waals surface area (Å²) in [4.78, 5) is 15.2. The highest BCUT2D eigenvalue weighted by Gasteiger charge is 2.22. The smallest absolute Gasteiger partial charge is 0.387 e. The van der Waals surface area contributed by atoms with E-state index in [-0.39, 0.29) is 23.1 Å². The number of hydrogen-bond donors (Lipinski definition) is 2. The first-order valence-corrected chi connectivity index (χ1v) is 10.2. The van der Waals surface area contributed by atoms with Crippen molar-refractivity contribution in [2.75, 3.05) is 13.1 Å². The summed E-state index contributed by atoms with van der Waals surface area (Å²) < 4.78 is 36.5. The number of halogens is 2. The van der Waals surface area contributed by atoms with Gasteiger partial charge in [0.25, 0.3) is 11.4 Å². The lowest BCUT2D eigenvalue weighted by atomic mass is 9.94. The Morgan fingerprint density at radius 2 is 1.97 bits per heavy atom. The van der Waals surface area contributed by atoms with Crippen LogP contribution in [-0.4, -0.2) is 44.5 Å². The molecule has 0 bridgehead atoms. The van der Waals surface area contributed by atoms with E-state index in [1.165, 1.54) is 12.1 Å². The number of hydrogen-bond acceptors (Lipinski definition) is 7. The summed E-state index contributed by atoms with van der Waals surface area (Å²) in [5.41, 5.74) is 2.50. The minimum absolute atomic E-state index is 0.0785. The Kier molecular flexibility index (Phi) is 5.39. The van der Waals surface area contributed by atoms with Crippen LogP contribution in [0.15, 0.2) is 45.7 Å². The van der Waals surface area contributed by atoms with Crippen LogP contribution in [0.25, 0.3) is 17.1 Å². The third-order valence-electron chi connectivity index (χ3n) is 5.49. The number of aromatic nitrogens is 5. The van der Waals surface area contributed by atoms with E-state index < -0.39 is 6.61 Å². The molecule has 4 aromatic rings. The van der Waals surface area contributed by atoms with Crippen molar-refractivity contribution in [1.29, 1.82) is 0 Å². The van der Waals surface area contributed by atoms with E-state index in [9.17, 15) is 13.6 Å². The molecular formula is C21H20F2N6O3. The van der Waals surface area contributed by atoms with Crippen LogP contribution < -0.4 is 15.6 Å². The SMILES string of the molecule is O=c1cc(C2CCNCC2)n2ncc(-c3nnc(Cc4ccc(OC(F)F)cc4)o3)c2[nH]1. The van der Waals surface area contributed by atoms with Gasteiger partial charge in [0.1, 0.15) is 17.0 Å². The van der Waals surface area contributed by atoms with Crippen LogP contribution in [-0.2, 0) is 6.42 Å². The molecule has 1 aliphatic heterocycles. The van der Waals surface area contributed by atoms with Gasteiger partial charge in [-0.05, 0) is 43.6 Å². The lowest BCUT2D eigenvalue weighted by Crippen LogP contribution is -2.28. The highest BCUT2D eigenvalue weighted by atomic mass is 19.3. The van der Waals surface area contributed by atoms with Gasteiger partial charge in [-0.2, -0.15) is 13.9 Å². The fraction of sp³-hybridized carbons (Fsp3) is 0.333. The number of fused-ring (bicyclic) bond motifs is 1. The number of piperidine rings is 1. The molecule has 1 saturated heterocycles. The summed E-state index contributed by atoms with van der Waals surface area (Å²) in [5, 5.41) is 16.0. The third-order valence-corrected chi connectivity index (χ3v) is 5.49. The molecule has 32 heavy (non-hydrogen) atoms.